The van der Waals surface area contributed by atoms with Crippen LogP contribution in [0.15, 0.2) is 47.4 Å². The van der Waals surface area contributed by atoms with Crippen molar-refractivity contribution in [2.24, 2.45) is 0 Å². The van der Waals surface area contributed by atoms with Crippen LogP contribution in [0.2, 0.25) is 0 Å². The zero-order valence-corrected chi connectivity index (χ0v) is 14.4. The Morgan fingerprint density at radius 3 is 2.80 bits per heavy atom. The third-order valence-electron chi connectivity index (χ3n) is 4.01. The van der Waals surface area contributed by atoms with Crippen LogP contribution in [0.3, 0.4) is 0 Å². The van der Waals surface area contributed by atoms with E-state index in [1.807, 2.05) is 26.0 Å². The van der Waals surface area contributed by atoms with Crippen LogP contribution in [0.5, 0.6) is 5.75 Å². The molecule has 3 rings (SSSR count). The van der Waals surface area contributed by atoms with Crippen LogP contribution in [0.25, 0.3) is 11.0 Å². The molecule has 25 heavy (non-hydrogen) atoms. The molecule has 0 unspecified atom stereocenters. The number of fused-ring (bicyclic) bond motifs is 1. The number of methoxy groups -OCH3 is 1. The fourth-order valence-corrected chi connectivity index (χ4v) is 2.77. The molecule has 3 aromatic rings. The minimum atomic E-state index is -0.471. The molecule has 1 aromatic carbocycles. The highest BCUT2D eigenvalue weighted by Gasteiger charge is 2.17. The summed E-state index contributed by atoms with van der Waals surface area (Å²) in [4.78, 5) is 29.7. The van der Waals surface area contributed by atoms with Crippen LogP contribution in [0, 0.1) is 6.92 Å². The number of carbonyl (C=O) groups is 1. The molecule has 0 aliphatic carbocycles. The van der Waals surface area contributed by atoms with Gasteiger partial charge in [0.15, 0.2) is 0 Å². The third-order valence-corrected chi connectivity index (χ3v) is 4.01. The highest BCUT2D eigenvalue weighted by molar-refractivity contribution is 6.06. The summed E-state index contributed by atoms with van der Waals surface area (Å²) in [7, 11) is 1.53. The number of nitrogens with zero attached hydrogens (tertiary/aromatic N) is 2. The standard InChI is InChI=1S/C19H19N3O3/c1-4-22-17-13(6-5-9-20-17)11-14(19(22)24)18(23)21-15-10-12(2)7-8-16(15)25-3/h5-11H,4H2,1-3H3,(H,21,23). The first kappa shape index (κ1) is 16.7. The van der Waals surface area contributed by atoms with Crippen molar-refractivity contribution in [2.75, 3.05) is 12.4 Å². The molecule has 0 bridgehead atoms. The summed E-state index contributed by atoms with van der Waals surface area (Å²) in [5.41, 5.74) is 1.79. The van der Waals surface area contributed by atoms with Gasteiger partial charge in [0.1, 0.15) is 17.0 Å². The Morgan fingerprint density at radius 1 is 1.28 bits per heavy atom. The molecule has 1 N–H and O–H groups in total. The first-order valence-electron chi connectivity index (χ1n) is 7.99. The van der Waals surface area contributed by atoms with Crippen molar-refractivity contribution in [3.63, 3.8) is 0 Å². The summed E-state index contributed by atoms with van der Waals surface area (Å²) in [5, 5.41) is 3.52. The van der Waals surface area contributed by atoms with E-state index in [1.165, 1.54) is 11.7 Å². The van der Waals surface area contributed by atoms with Crippen molar-refractivity contribution < 1.29 is 9.53 Å². The summed E-state index contributed by atoms with van der Waals surface area (Å²) in [6.45, 7) is 4.20. The van der Waals surface area contributed by atoms with Gasteiger partial charge in [0.2, 0.25) is 0 Å². The van der Waals surface area contributed by atoms with Crippen LogP contribution in [0.4, 0.5) is 5.69 Å². The Morgan fingerprint density at radius 2 is 2.08 bits per heavy atom. The number of benzene rings is 1. The van der Waals surface area contributed by atoms with E-state index in [-0.39, 0.29) is 11.1 Å². The predicted octanol–water partition coefficient (Wildman–Crippen LogP) is 2.99. The fraction of sp³-hybridized carbons (Fsp3) is 0.211. The summed E-state index contributed by atoms with van der Waals surface area (Å²) in [6.07, 6.45) is 1.63. The molecule has 0 aliphatic heterocycles. The SMILES string of the molecule is CCn1c(=O)c(C(=O)Nc2cc(C)ccc2OC)cc2cccnc21. The fourth-order valence-electron chi connectivity index (χ4n) is 2.77. The van der Waals surface area contributed by atoms with Gasteiger partial charge in [-0.15, -0.1) is 0 Å². The van der Waals surface area contributed by atoms with Crippen molar-refractivity contribution >= 4 is 22.6 Å². The van der Waals surface area contributed by atoms with E-state index < -0.39 is 5.91 Å². The van der Waals surface area contributed by atoms with Gasteiger partial charge in [0, 0.05) is 18.1 Å². The van der Waals surface area contributed by atoms with E-state index in [2.05, 4.69) is 10.3 Å². The first-order valence-corrected chi connectivity index (χ1v) is 7.99. The smallest absolute Gasteiger partial charge is 0.265 e. The van der Waals surface area contributed by atoms with Crippen LogP contribution in [-0.4, -0.2) is 22.6 Å². The number of carbonyl (C=O) groups excluding carboxylic acids is 1. The lowest BCUT2D eigenvalue weighted by molar-refractivity contribution is 0.102. The molecule has 0 radical (unpaired) electrons. The number of nitrogens with one attached hydrogen (secondary N) is 1. The maximum Gasteiger partial charge on any atom is 0.265 e. The summed E-state index contributed by atoms with van der Waals surface area (Å²) >= 11 is 0. The molecule has 0 aliphatic rings. The van der Waals surface area contributed by atoms with Crippen LogP contribution in [0.1, 0.15) is 22.8 Å². The molecule has 2 heterocycles. The molecule has 128 valence electrons. The van der Waals surface area contributed by atoms with E-state index in [4.69, 9.17) is 4.74 Å². The molecule has 6 heteroatoms. The van der Waals surface area contributed by atoms with Gasteiger partial charge in [-0.05, 0) is 49.7 Å². The molecule has 6 nitrogen and oxygen atoms in total. The highest BCUT2D eigenvalue weighted by Crippen LogP contribution is 2.25. The first-order chi connectivity index (χ1) is 12.0. The maximum atomic E-state index is 12.7. The molecule has 0 fully saturated rings. The number of hydrogen-bond donors (Lipinski definition) is 1. The van der Waals surface area contributed by atoms with E-state index in [0.29, 0.717) is 23.6 Å². The topological polar surface area (TPSA) is 73.2 Å². The largest absolute Gasteiger partial charge is 0.495 e. The second kappa shape index (κ2) is 6.76. The van der Waals surface area contributed by atoms with Gasteiger partial charge in [-0.25, -0.2) is 4.98 Å². The molecule has 0 saturated heterocycles. The van der Waals surface area contributed by atoms with Gasteiger partial charge in [-0.3, -0.25) is 14.2 Å². The Balaban J connectivity index is 2.08. The van der Waals surface area contributed by atoms with Crippen molar-refractivity contribution in [1.82, 2.24) is 9.55 Å². The van der Waals surface area contributed by atoms with Gasteiger partial charge < -0.3 is 10.1 Å². The molecule has 0 saturated carbocycles. The molecule has 0 atom stereocenters. The minimum Gasteiger partial charge on any atom is -0.495 e. The zero-order chi connectivity index (χ0) is 18.0. The minimum absolute atomic E-state index is 0.0749. The number of aryl methyl sites for hydroxylation is 2. The Bertz CT molecular complexity index is 1010. The van der Waals surface area contributed by atoms with Gasteiger partial charge in [-0.1, -0.05) is 6.07 Å². The van der Waals surface area contributed by atoms with E-state index in [9.17, 15) is 9.59 Å². The van der Waals surface area contributed by atoms with Crippen LogP contribution in [-0.2, 0) is 6.54 Å². The predicted molar refractivity (Wildman–Crippen MR) is 97.4 cm³/mol. The van der Waals surface area contributed by atoms with Gasteiger partial charge in [0.05, 0.1) is 12.8 Å². The maximum absolute atomic E-state index is 12.7. The summed E-state index contributed by atoms with van der Waals surface area (Å²) < 4.78 is 6.77. The van der Waals surface area contributed by atoms with Crippen LogP contribution < -0.4 is 15.6 Å². The number of hydrogen-bond acceptors (Lipinski definition) is 4. The third kappa shape index (κ3) is 3.10. The lowest BCUT2D eigenvalue weighted by atomic mass is 10.1. The van der Waals surface area contributed by atoms with E-state index in [1.54, 1.807) is 30.5 Å². The molecule has 1 amide bonds. The highest BCUT2D eigenvalue weighted by atomic mass is 16.5. The second-order valence-electron chi connectivity index (χ2n) is 5.68. The Kier molecular flexibility index (Phi) is 4.52. The quantitative estimate of drug-likeness (QED) is 0.794. The molecular formula is C19H19N3O3. The van der Waals surface area contributed by atoms with Crippen molar-refractivity contribution in [1.29, 1.82) is 0 Å². The number of ether oxygens (including phenoxy) is 1. The van der Waals surface area contributed by atoms with Gasteiger partial charge in [0.25, 0.3) is 11.5 Å². The number of pyridine rings is 2. The van der Waals surface area contributed by atoms with Crippen LogP contribution >= 0.6 is 0 Å². The summed E-state index contributed by atoms with van der Waals surface area (Å²) in [5.74, 6) is 0.0686. The molecule has 0 spiro atoms. The van der Waals surface area contributed by atoms with E-state index >= 15 is 0 Å². The lowest BCUT2D eigenvalue weighted by Crippen LogP contribution is -2.29. The number of rotatable bonds is 4. The average Bonchev–Trinajstić information content (AvgIpc) is 2.61. The van der Waals surface area contributed by atoms with Crippen molar-refractivity contribution in [3.8, 4) is 5.75 Å². The van der Waals surface area contributed by atoms with Crippen molar-refractivity contribution in [3.05, 3.63) is 64.1 Å². The Labute approximate surface area is 145 Å². The molecular weight excluding hydrogens is 318 g/mol. The van der Waals surface area contributed by atoms with Gasteiger partial charge >= 0.3 is 0 Å². The van der Waals surface area contributed by atoms with Crippen molar-refractivity contribution in [2.45, 2.75) is 20.4 Å². The lowest BCUT2D eigenvalue weighted by Gasteiger charge is -2.13. The second-order valence-corrected chi connectivity index (χ2v) is 5.68. The van der Waals surface area contributed by atoms with Gasteiger partial charge in [-0.2, -0.15) is 0 Å². The zero-order valence-electron chi connectivity index (χ0n) is 14.4. The number of aromatic nitrogens is 2. The average molecular weight is 337 g/mol. The summed E-state index contributed by atoms with van der Waals surface area (Å²) in [6, 6.07) is 10.7. The monoisotopic (exact) mass is 337 g/mol. The number of anilines is 1. The molecule has 2 aromatic heterocycles. The Hall–Kier alpha value is -3.15. The number of amides is 1. The van der Waals surface area contributed by atoms with E-state index in [0.717, 1.165) is 10.9 Å². The normalized spacial score (nSPS) is 10.7.